The van der Waals surface area contributed by atoms with Crippen LogP contribution in [0.2, 0.25) is 0 Å². The lowest BCUT2D eigenvalue weighted by atomic mass is 9.92. The molecule has 3 aromatic carbocycles. The van der Waals surface area contributed by atoms with Gasteiger partial charge in [0.25, 0.3) is 0 Å². The van der Waals surface area contributed by atoms with Crippen molar-refractivity contribution < 1.29 is 24.1 Å². The van der Waals surface area contributed by atoms with Gasteiger partial charge in [0.2, 0.25) is 0 Å². The number of hydrogen-bond acceptors (Lipinski definition) is 5. The monoisotopic (exact) mass is 392 g/mol. The van der Waals surface area contributed by atoms with Crippen LogP contribution in [0.1, 0.15) is 24.2 Å². The highest BCUT2D eigenvalue weighted by molar-refractivity contribution is 5.82. The Bertz CT molecular complexity index is 909. The van der Waals surface area contributed by atoms with E-state index in [1.807, 2.05) is 36.4 Å². The Morgan fingerprint density at radius 1 is 0.897 bits per heavy atom. The lowest BCUT2D eigenvalue weighted by molar-refractivity contribution is -0.180. The Morgan fingerprint density at radius 3 is 2.03 bits per heavy atom. The summed E-state index contributed by atoms with van der Waals surface area (Å²) < 4.78 is 16.6. The summed E-state index contributed by atoms with van der Waals surface area (Å²) in [6.45, 7) is 1.69. The SMILES string of the molecule is COc1ccc(OC(=O)[C@](C)(OCc2ccccc2)[C@H](O)c2ccccc2)cc1. The fraction of sp³-hybridized carbons (Fsp3) is 0.208. The fourth-order valence-electron chi connectivity index (χ4n) is 2.86. The van der Waals surface area contributed by atoms with E-state index in [4.69, 9.17) is 14.2 Å². The molecule has 2 atom stereocenters. The van der Waals surface area contributed by atoms with E-state index >= 15 is 0 Å². The summed E-state index contributed by atoms with van der Waals surface area (Å²) in [6, 6.07) is 25.0. The van der Waals surface area contributed by atoms with Crippen molar-refractivity contribution in [3.05, 3.63) is 96.1 Å². The average Bonchev–Trinajstić information content (AvgIpc) is 2.78. The molecule has 1 N–H and O–H groups in total. The Kier molecular flexibility index (Phi) is 6.65. The van der Waals surface area contributed by atoms with Crippen LogP contribution < -0.4 is 9.47 Å². The molecule has 3 rings (SSSR count). The second kappa shape index (κ2) is 9.37. The van der Waals surface area contributed by atoms with E-state index in [2.05, 4.69) is 0 Å². The van der Waals surface area contributed by atoms with Crippen LogP contribution in [-0.2, 0) is 16.1 Å². The molecule has 0 aliphatic carbocycles. The van der Waals surface area contributed by atoms with E-state index < -0.39 is 17.7 Å². The van der Waals surface area contributed by atoms with Crippen molar-refractivity contribution in [2.75, 3.05) is 7.11 Å². The van der Waals surface area contributed by atoms with Gasteiger partial charge in [0.05, 0.1) is 13.7 Å². The number of hydrogen-bond donors (Lipinski definition) is 1. The quantitative estimate of drug-likeness (QED) is 0.457. The molecule has 0 spiro atoms. The van der Waals surface area contributed by atoms with E-state index in [1.165, 1.54) is 0 Å². The van der Waals surface area contributed by atoms with Gasteiger partial charge in [-0.05, 0) is 42.3 Å². The number of esters is 1. The molecule has 5 nitrogen and oxygen atoms in total. The second-order valence-electron chi connectivity index (χ2n) is 6.76. The zero-order chi connectivity index (χ0) is 20.7. The van der Waals surface area contributed by atoms with E-state index in [0.29, 0.717) is 17.1 Å². The minimum Gasteiger partial charge on any atom is -0.497 e. The minimum absolute atomic E-state index is 0.152. The Balaban J connectivity index is 1.84. The van der Waals surface area contributed by atoms with Crippen LogP contribution in [0.15, 0.2) is 84.9 Å². The number of aliphatic hydroxyl groups is 1. The van der Waals surface area contributed by atoms with Gasteiger partial charge in [-0.2, -0.15) is 0 Å². The molecule has 0 aliphatic heterocycles. The molecular weight excluding hydrogens is 368 g/mol. The number of carbonyl (C=O) groups is 1. The normalized spacial score (nSPS) is 13.9. The molecule has 0 fully saturated rings. The summed E-state index contributed by atoms with van der Waals surface area (Å²) in [6.07, 6.45) is -1.21. The Labute approximate surface area is 170 Å². The summed E-state index contributed by atoms with van der Waals surface area (Å²) in [4.78, 5) is 13.1. The Morgan fingerprint density at radius 2 is 1.45 bits per heavy atom. The maximum atomic E-state index is 13.1. The van der Waals surface area contributed by atoms with Crippen LogP contribution in [0, 0.1) is 0 Å². The first-order chi connectivity index (χ1) is 14.0. The third kappa shape index (κ3) is 5.02. The van der Waals surface area contributed by atoms with Crippen LogP contribution in [0.5, 0.6) is 11.5 Å². The highest BCUT2D eigenvalue weighted by Crippen LogP contribution is 2.32. The predicted molar refractivity (Wildman–Crippen MR) is 110 cm³/mol. The van der Waals surface area contributed by atoms with Crippen LogP contribution in [0.3, 0.4) is 0 Å². The van der Waals surface area contributed by atoms with E-state index in [1.54, 1.807) is 62.6 Å². The standard InChI is InChI=1S/C24H24O5/c1-24(22(25)19-11-7-4-8-12-19,28-17-18-9-5-3-6-10-18)23(26)29-21-15-13-20(27-2)14-16-21/h3-16,22,25H,17H2,1-2H3/t22-,24-/m1/s1. The second-order valence-corrected chi connectivity index (χ2v) is 6.76. The zero-order valence-corrected chi connectivity index (χ0v) is 16.4. The molecule has 0 bridgehead atoms. The van der Waals surface area contributed by atoms with Crippen molar-refractivity contribution >= 4 is 5.97 Å². The topological polar surface area (TPSA) is 65.0 Å². The molecule has 0 aliphatic rings. The third-order valence-corrected chi connectivity index (χ3v) is 4.69. The first kappa shape index (κ1) is 20.6. The number of methoxy groups -OCH3 is 1. The molecule has 0 heterocycles. The van der Waals surface area contributed by atoms with E-state index in [0.717, 1.165) is 5.56 Å². The van der Waals surface area contributed by atoms with Crippen LogP contribution in [0.25, 0.3) is 0 Å². The van der Waals surface area contributed by atoms with Crippen molar-refractivity contribution in [2.24, 2.45) is 0 Å². The summed E-state index contributed by atoms with van der Waals surface area (Å²) in [5.41, 5.74) is -0.164. The number of carbonyl (C=O) groups excluding carboxylic acids is 1. The highest BCUT2D eigenvalue weighted by Gasteiger charge is 2.44. The molecule has 0 amide bonds. The van der Waals surface area contributed by atoms with Crippen LogP contribution in [-0.4, -0.2) is 23.8 Å². The van der Waals surface area contributed by atoms with Crippen molar-refractivity contribution in [3.8, 4) is 11.5 Å². The van der Waals surface area contributed by atoms with Crippen LogP contribution >= 0.6 is 0 Å². The van der Waals surface area contributed by atoms with E-state index in [9.17, 15) is 9.90 Å². The maximum Gasteiger partial charge on any atom is 0.346 e. The average molecular weight is 392 g/mol. The highest BCUT2D eigenvalue weighted by atomic mass is 16.6. The summed E-state index contributed by atoms with van der Waals surface area (Å²) in [5, 5.41) is 11.0. The lowest BCUT2D eigenvalue weighted by Gasteiger charge is -2.32. The van der Waals surface area contributed by atoms with Gasteiger partial charge in [-0.15, -0.1) is 0 Å². The summed E-state index contributed by atoms with van der Waals surface area (Å²) in [7, 11) is 1.56. The summed E-state index contributed by atoms with van der Waals surface area (Å²) in [5.74, 6) is 0.303. The molecule has 0 unspecified atom stereocenters. The number of benzene rings is 3. The Hall–Kier alpha value is -3.15. The summed E-state index contributed by atoms with van der Waals surface area (Å²) >= 11 is 0. The van der Waals surface area contributed by atoms with Crippen molar-refractivity contribution in [1.29, 1.82) is 0 Å². The minimum atomic E-state index is -1.61. The maximum absolute atomic E-state index is 13.1. The molecule has 150 valence electrons. The van der Waals surface area contributed by atoms with Gasteiger partial charge in [0.15, 0.2) is 5.60 Å². The number of ether oxygens (including phenoxy) is 3. The lowest BCUT2D eigenvalue weighted by Crippen LogP contribution is -2.47. The number of aliphatic hydroxyl groups excluding tert-OH is 1. The largest absolute Gasteiger partial charge is 0.497 e. The molecule has 0 aromatic heterocycles. The zero-order valence-electron chi connectivity index (χ0n) is 16.4. The first-order valence-corrected chi connectivity index (χ1v) is 9.30. The third-order valence-electron chi connectivity index (χ3n) is 4.69. The smallest absolute Gasteiger partial charge is 0.346 e. The predicted octanol–water partition coefficient (Wildman–Crippen LogP) is 4.31. The van der Waals surface area contributed by atoms with Gasteiger partial charge in [0.1, 0.15) is 17.6 Å². The van der Waals surface area contributed by atoms with Gasteiger partial charge in [-0.3, -0.25) is 0 Å². The fourth-order valence-corrected chi connectivity index (χ4v) is 2.86. The van der Waals surface area contributed by atoms with Gasteiger partial charge in [-0.25, -0.2) is 4.79 Å². The van der Waals surface area contributed by atoms with E-state index in [-0.39, 0.29) is 6.61 Å². The van der Waals surface area contributed by atoms with Crippen molar-refractivity contribution in [3.63, 3.8) is 0 Å². The van der Waals surface area contributed by atoms with Gasteiger partial charge < -0.3 is 19.3 Å². The molecule has 0 radical (unpaired) electrons. The molecule has 0 saturated heterocycles. The van der Waals surface area contributed by atoms with Crippen molar-refractivity contribution in [2.45, 2.75) is 25.2 Å². The number of rotatable bonds is 8. The molecule has 5 heteroatoms. The molecule has 0 saturated carbocycles. The van der Waals surface area contributed by atoms with Gasteiger partial charge >= 0.3 is 5.97 Å². The molecule has 3 aromatic rings. The van der Waals surface area contributed by atoms with Gasteiger partial charge in [-0.1, -0.05) is 60.7 Å². The van der Waals surface area contributed by atoms with Crippen LogP contribution in [0.4, 0.5) is 0 Å². The van der Waals surface area contributed by atoms with Gasteiger partial charge in [0, 0.05) is 0 Å². The van der Waals surface area contributed by atoms with Crippen molar-refractivity contribution in [1.82, 2.24) is 0 Å². The molecule has 29 heavy (non-hydrogen) atoms. The molecular formula is C24H24O5. The first-order valence-electron chi connectivity index (χ1n) is 9.30.